The van der Waals surface area contributed by atoms with Gasteiger partial charge in [0.15, 0.2) is 6.10 Å². The quantitative estimate of drug-likeness (QED) is 0.0427. The summed E-state index contributed by atoms with van der Waals surface area (Å²) in [4.78, 5) is 125. The zero-order chi connectivity index (χ0) is 45.9. The molecule has 0 heterocycles. The minimum absolute atomic E-state index is 0.0498. The molecule has 60 heavy (non-hydrogen) atoms. The lowest BCUT2D eigenvalue weighted by Gasteiger charge is -2.30. The molecule has 0 aromatic heterocycles. The second-order valence-corrected chi connectivity index (χ2v) is 15.0. The molecule has 0 saturated heterocycles. The fourth-order valence-electron chi connectivity index (χ4n) is 5.61. The van der Waals surface area contributed by atoms with E-state index in [-0.39, 0.29) is 31.6 Å². The van der Waals surface area contributed by atoms with E-state index in [1.54, 1.807) is 58.0 Å². The first-order valence-corrected chi connectivity index (χ1v) is 19.2. The van der Waals surface area contributed by atoms with Crippen LogP contribution in [-0.2, 0) is 54.4 Å². The number of aliphatic hydroxyl groups is 1. The van der Waals surface area contributed by atoms with Crippen molar-refractivity contribution in [1.29, 1.82) is 0 Å². The number of carboxylic acid groups (broad SMARTS) is 3. The molecular formula is C38H58N8O14. The lowest BCUT2D eigenvalue weighted by atomic mass is 9.97. The molecular weight excluding hydrogens is 792 g/mol. The van der Waals surface area contributed by atoms with E-state index in [0.29, 0.717) is 5.56 Å². The Kier molecular flexibility index (Phi) is 21.9. The highest BCUT2D eigenvalue weighted by atomic mass is 16.4. The number of nitrogens with one attached hydrogen (secondary N) is 6. The molecule has 0 spiro atoms. The maximum absolute atomic E-state index is 13.9. The average Bonchev–Trinajstić information content (AvgIpc) is 3.15. The molecule has 0 saturated carbocycles. The summed E-state index contributed by atoms with van der Waals surface area (Å²) in [7, 11) is 0. The van der Waals surface area contributed by atoms with Crippen LogP contribution in [0.1, 0.15) is 78.7 Å². The van der Waals surface area contributed by atoms with Gasteiger partial charge in [-0.2, -0.15) is 0 Å². The molecule has 0 aliphatic carbocycles. The second kappa shape index (κ2) is 25.4. The van der Waals surface area contributed by atoms with Gasteiger partial charge < -0.3 is 63.8 Å². The lowest BCUT2D eigenvalue weighted by molar-refractivity contribution is -0.144. The van der Waals surface area contributed by atoms with E-state index >= 15 is 0 Å². The summed E-state index contributed by atoms with van der Waals surface area (Å²) >= 11 is 0. The Balaban J connectivity index is 3.32. The SMILES string of the molecule is CC(C)C[C@H](NC(=O)[C@@H](NC(=O)[C@@H](N)CCC(N)=O)C(C)C)C(=O)N[C@@H](Cc1ccccc1)[C@@H](O)C(=O)N[C@@H](CC(=O)O)C(=O)N[C@@H](C)C(=O)N[C@@H](CCC(=O)O)C(=O)O. The molecule has 22 heteroatoms. The molecule has 7 amide bonds. The van der Waals surface area contributed by atoms with E-state index in [2.05, 4.69) is 31.9 Å². The number of carbonyl (C=O) groups is 10. The van der Waals surface area contributed by atoms with Crippen molar-refractivity contribution in [3.05, 3.63) is 35.9 Å². The standard InChI is InChI=1S/C38H58N8O14/c1-18(2)15-25(44-36(57)30(19(3)4)46-33(54)22(39)11-13-27(40)47)35(56)43-24(16-21-9-7-6-8-10-21)31(52)37(58)45-26(17-29(50)51)34(55)41-20(5)32(53)42-23(38(59)60)12-14-28(48)49/h6-10,18-20,22-26,30-31,52H,11-17,39H2,1-5H3,(H2,40,47)(H,41,55)(H,42,53)(H,43,56)(H,44,57)(H,45,58)(H,46,54)(H,48,49)(H,50,51)(H,59,60)/t20-,22-,23-,24-,25-,26-,30-,31+/m0/s1. The maximum atomic E-state index is 13.9. The Hall–Kier alpha value is -6.16. The highest BCUT2D eigenvalue weighted by molar-refractivity contribution is 5.96. The van der Waals surface area contributed by atoms with E-state index in [9.17, 15) is 63.3 Å². The normalized spacial score (nSPS) is 15.1. The fourth-order valence-corrected chi connectivity index (χ4v) is 5.61. The number of hydrogen-bond acceptors (Lipinski definition) is 12. The largest absolute Gasteiger partial charge is 0.481 e. The van der Waals surface area contributed by atoms with Crippen molar-refractivity contribution in [2.24, 2.45) is 23.3 Å². The molecule has 1 aromatic rings. The van der Waals surface area contributed by atoms with Crippen molar-refractivity contribution >= 4 is 59.3 Å². The molecule has 1 rings (SSSR count). The number of nitrogens with two attached hydrogens (primary N) is 2. The smallest absolute Gasteiger partial charge is 0.326 e. The third-order valence-electron chi connectivity index (χ3n) is 8.93. The van der Waals surface area contributed by atoms with E-state index in [1.165, 1.54) is 0 Å². The van der Waals surface area contributed by atoms with Crippen molar-refractivity contribution < 1.29 is 68.4 Å². The third-order valence-corrected chi connectivity index (χ3v) is 8.93. The van der Waals surface area contributed by atoms with Gasteiger partial charge in [0, 0.05) is 12.8 Å². The van der Waals surface area contributed by atoms with Crippen molar-refractivity contribution in [3.8, 4) is 0 Å². The topological polar surface area (TPSA) is 376 Å². The average molecular weight is 851 g/mol. The number of amides is 7. The van der Waals surface area contributed by atoms with Crippen LogP contribution >= 0.6 is 0 Å². The molecule has 1 aromatic carbocycles. The Morgan fingerprint density at radius 3 is 1.70 bits per heavy atom. The highest BCUT2D eigenvalue weighted by Gasteiger charge is 2.36. The first-order valence-electron chi connectivity index (χ1n) is 19.2. The van der Waals surface area contributed by atoms with Gasteiger partial charge in [-0.15, -0.1) is 0 Å². The number of rotatable bonds is 27. The van der Waals surface area contributed by atoms with E-state index in [4.69, 9.17) is 16.6 Å². The minimum Gasteiger partial charge on any atom is -0.481 e. The predicted molar refractivity (Wildman–Crippen MR) is 211 cm³/mol. The van der Waals surface area contributed by atoms with Crippen LogP contribution < -0.4 is 43.4 Å². The van der Waals surface area contributed by atoms with Crippen LogP contribution in [0.3, 0.4) is 0 Å². The number of carbonyl (C=O) groups excluding carboxylic acids is 7. The number of benzene rings is 1. The minimum atomic E-state index is -2.15. The van der Waals surface area contributed by atoms with Crippen LogP contribution in [0.25, 0.3) is 0 Å². The molecule has 14 N–H and O–H groups in total. The molecule has 0 aliphatic rings. The van der Waals surface area contributed by atoms with Crippen LogP contribution in [-0.4, -0.2) is 128 Å². The maximum Gasteiger partial charge on any atom is 0.326 e. The van der Waals surface area contributed by atoms with Gasteiger partial charge in [0.2, 0.25) is 35.4 Å². The molecule has 0 radical (unpaired) electrons. The summed E-state index contributed by atoms with van der Waals surface area (Å²) < 4.78 is 0. The molecule has 0 fully saturated rings. The van der Waals surface area contributed by atoms with Gasteiger partial charge in [-0.05, 0) is 50.0 Å². The summed E-state index contributed by atoms with van der Waals surface area (Å²) in [6.07, 6.45) is -4.65. The van der Waals surface area contributed by atoms with Crippen molar-refractivity contribution in [2.45, 2.75) is 128 Å². The van der Waals surface area contributed by atoms with Crippen LogP contribution in [0.5, 0.6) is 0 Å². The van der Waals surface area contributed by atoms with E-state index < -0.39 is 133 Å². The Morgan fingerprint density at radius 2 is 1.18 bits per heavy atom. The number of aliphatic carboxylic acids is 3. The van der Waals surface area contributed by atoms with Gasteiger partial charge in [-0.1, -0.05) is 58.0 Å². The number of carboxylic acids is 3. The van der Waals surface area contributed by atoms with Gasteiger partial charge >= 0.3 is 17.9 Å². The van der Waals surface area contributed by atoms with Crippen molar-refractivity contribution in [2.75, 3.05) is 0 Å². The number of aliphatic hydroxyl groups excluding tert-OH is 1. The Labute approximate surface area is 346 Å². The lowest BCUT2D eigenvalue weighted by Crippen LogP contribution is -2.61. The van der Waals surface area contributed by atoms with Gasteiger partial charge in [-0.25, -0.2) is 4.79 Å². The summed E-state index contributed by atoms with van der Waals surface area (Å²) in [6, 6.07) is -1.88. The molecule has 0 aliphatic heterocycles. The summed E-state index contributed by atoms with van der Waals surface area (Å²) in [5.41, 5.74) is 11.5. The second-order valence-electron chi connectivity index (χ2n) is 15.0. The fraction of sp³-hybridized carbons (Fsp3) is 0.579. The predicted octanol–water partition coefficient (Wildman–Crippen LogP) is -2.76. The molecule has 22 nitrogen and oxygen atoms in total. The summed E-state index contributed by atoms with van der Waals surface area (Å²) in [5, 5.41) is 53.1. The number of hydrogen-bond donors (Lipinski definition) is 12. The van der Waals surface area contributed by atoms with Gasteiger partial charge in [0.25, 0.3) is 5.91 Å². The van der Waals surface area contributed by atoms with Gasteiger partial charge in [0.1, 0.15) is 30.2 Å². The van der Waals surface area contributed by atoms with Crippen molar-refractivity contribution in [3.63, 3.8) is 0 Å². The van der Waals surface area contributed by atoms with Crippen LogP contribution in [0.15, 0.2) is 30.3 Å². The van der Waals surface area contributed by atoms with Crippen LogP contribution in [0.2, 0.25) is 0 Å². The van der Waals surface area contributed by atoms with Gasteiger partial charge in [0.05, 0.1) is 18.5 Å². The first kappa shape index (κ1) is 51.9. The molecule has 0 bridgehead atoms. The van der Waals surface area contributed by atoms with E-state index in [0.717, 1.165) is 6.92 Å². The van der Waals surface area contributed by atoms with Crippen molar-refractivity contribution in [1.82, 2.24) is 31.9 Å². The summed E-state index contributed by atoms with van der Waals surface area (Å²) in [6.45, 7) is 7.91. The Bertz CT molecular complexity index is 1690. The van der Waals surface area contributed by atoms with E-state index in [1.807, 2.05) is 0 Å². The van der Waals surface area contributed by atoms with Crippen LogP contribution in [0, 0.1) is 11.8 Å². The monoisotopic (exact) mass is 850 g/mol. The Morgan fingerprint density at radius 1 is 0.617 bits per heavy atom. The zero-order valence-electron chi connectivity index (χ0n) is 34.1. The van der Waals surface area contributed by atoms with Gasteiger partial charge in [-0.3, -0.25) is 43.2 Å². The highest BCUT2D eigenvalue weighted by Crippen LogP contribution is 2.13. The molecule has 8 atom stereocenters. The molecule has 334 valence electrons. The van der Waals surface area contributed by atoms with Crippen LogP contribution in [0.4, 0.5) is 0 Å². The summed E-state index contributed by atoms with van der Waals surface area (Å²) in [5.74, 6) is -11.8. The number of primary amides is 1. The first-order chi connectivity index (χ1) is 27.9. The zero-order valence-corrected chi connectivity index (χ0v) is 34.1. The third kappa shape index (κ3) is 19.1. The molecule has 0 unspecified atom stereocenters.